The largest absolute Gasteiger partial charge is 0.448 e. The van der Waals surface area contributed by atoms with Gasteiger partial charge in [-0.25, -0.2) is 9.78 Å². The molecule has 0 aliphatic carbocycles. The molecule has 2 heterocycles. The van der Waals surface area contributed by atoms with Crippen molar-refractivity contribution in [3.05, 3.63) is 60.3 Å². The number of nitrogens with one attached hydrogen (secondary N) is 2. The SMILES string of the molecule is CCC(C)C(C(CC(=O)N1CCCC1C(OC)C(C)C(=O)NC(C)C(O)c1ccccc1)OC)N(C)C(=O)C(NC(=O)C(C(C)C)N(C)C(=O)OCCSSc1ccccn1)C(C)C. The Bertz CT molecular complexity index is 1760. The zero-order valence-corrected chi connectivity index (χ0v) is 41.5. The summed E-state index contributed by atoms with van der Waals surface area (Å²) in [6.07, 6.45) is 0.869. The Morgan fingerprint density at radius 2 is 1.56 bits per heavy atom. The number of aromatic nitrogens is 1. The number of aliphatic hydroxyl groups is 1. The fourth-order valence-electron chi connectivity index (χ4n) is 8.45. The van der Waals surface area contributed by atoms with Gasteiger partial charge in [0.1, 0.15) is 23.7 Å². The molecule has 1 aliphatic heterocycles. The Morgan fingerprint density at radius 1 is 0.891 bits per heavy atom. The molecule has 64 heavy (non-hydrogen) atoms. The zero-order chi connectivity index (χ0) is 47.7. The van der Waals surface area contributed by atoms with E-state index in [4.69, 9.17) is 14.2 Å². The number of hydrogen-bond acceptors (Lipinski definition) is 12. The van der Waals surface area contributed by atoms with Crippen molar-refractivity contribution in [2.45, 2.75) is 135 Å². The van der Waals surface area contributed by atoms with Gasteiger partial charge in [-0.3, -0.25) is 24.1 Å². The average molecular weight is 931 g/mol. The maximum atomic E-state index is 14.5. The molecule has 0 bridgehead atoms. The highest BCUT2D eigenvalue weighted by atomic mass is 33.1. The second-order valence-corrected chi connectivity index (χ2v) is 19.9. The van der Waals surface area contributed by atoms with Crippen molar-refractivity contribution in [2.24, 2.45) is 23.7 Å². The van der Waals surface area contributed by atoms with E-state index in [0.717, 1.165) is 11.4 Å². The molecule has 0 spiro atoms. The molecule has 1 aromatic heterocycles. The summed E-state index contributed by atoms with van der Waals surface area (Å²) < 4.78 is 17.5. The summed E-state index contributed by atoms with van der Waals surface area (Å²) in [5, 5.41) is 17.6. The molecule has 0 saturated carbocycles. The Hall–Kier alpha value is -3.90. The van der Waals surface area contributed by atoms with Crippen LogP contribution in [0.4, 0.5) is 4.79 Å². The van der Waals surface area contributed by atoms with Crippen molar-refractivity contribution >= 4 is 51.3 Å². The highest BCUT2D eigenvalue weighted by Gasteiger charge is 2.43. The van der Waals surface area contributed by atoms with E-state index < -0.39 is 60.4 Å². The number of carbonyl (C=O) groups excluding carboxylic acids is 5. The Morgan fingerprint density at radius 3 is 2.14 bits per heavy atom. The Kier molecular flexibility index (Phi) is 22.9. The van der Waals surface area contributed by atoms with Crippen molar-refractivity contribution in [3.63, 3.8) is 0 Å². The topological polar surface area (TPSA) is 180 Å². The van der Waals surface area contributed by atoms with Gasteiger partial charge in [0.15, 0.2) is 0 Å². The molecule has 358 valence electrons. The molecule has 10 unspecified atom stereocenters. The molecule has 2 aromatic rings. The van der Waals surface area contributed by atoms with E-state index in [1.807, 2.05) is 90.1 Å². The Balaban J connectivity index is 1.71. The number of hydrogen-bond donors (Lipinski definition) is 3. The van der Waals surface area contributed by atoms with Crippen molar-refractivity contribution < 1.29 is 43.3 Å². The quantitative estimate of drug-likeness (QED) is 0.0758. The van der Waals surface area contributed by atoms with Gasteiger partial charge in [-0.1, -0.05) is 102 Å². The molecule has 1 aliphatic rings. The fraction of sp³-hybridized carbons (Fsp3) is 0.660. The summed E-state index contributed by atoms with van der Waals surface area (Å²) in [5.41, 5.74) is 0.694. The summed E-state index contributed by atoms with van der Waals surface area (Å²) in [6, 6.07) is 11.4. The molecular formula is C47H74N6O9S2. The minimum absolute atomic E-state index is 0.0295. The van der Waals surface area contributed by atoms with Gasteiger partial charge in [-0.15, -0.1) is 0 Å². The fourth-order valence-corrected chi connectivity index (χ4v) is 10.2. The predicted octanol–water partition coefficient (Wildman–Crippen LogP) is 6.21. The minimum atomic E-state index is -0.947. The van der Waals surface area contributed by atoms with Crippen LogP contribution in [0.3, 0.4) is 0 Å². The first kappa shape index (κ1) is 54.4. The second kappa shape index (κ2) is 26.9. The molecule has 3 N–H and O–H groups in total. The zero-order valence-electron chi connectivity index (χ0n) is 39.9. The van der Waals surface area contributed by atoms with E-state index in [-0.39, 0.29) is 54.5 Å². The van der Waals surface area contributed by atoms with Crippen molar-refractivity contribution in [1.82, 2.24) is 30.3 Å². The van der Waals surface area contributed by atoms with Gasteiger partial charge in [0.2, 0.25) is 23.6 Å². The standard InChI is InChI=1S/C47H74N6O9S2/c1-13-31(6)41(36(60-11)28-38(54)53-25-19-22-35(53)43(61-12)32(7)44(56)49-33(8)42(55)34-20-15-14-16-21-34)51(9)46(58)39(29(2)3)50-45(57)40(30(4)5)52(10)47(59)62-26-27-63-64-37-23-17-18-24-48-37/h14-18,20-21,23-24,29-33,35-36,39-43,55H,13,19,22,25-28H2,1-12H3,(H,49,56)(H,50,57). The normalized spacial score (nSPS) is 18.2. The van der Waals surface area contributed by atoms with Gasteiger partial charge in [-0.05, 0) is 66.0 Å². The number of aliphatic hydroxyl groups excluding tert-OH is 1. The van der Waals surface area contributed by atoms with Gasteiger partial charge in [0.25, 0.3) is 0 Å². The van der Waals surface area contributed by atoms with Crippen LogP contribution < -0.4 is 10.6 Å². The highest BCUT2D eigenvalue weighted by molar-refractivity contribution is 8.76. The number of likely N-dealkylation sites (N-methyl/N-ethyl adjacent to an activating group) is 2. The summed E-state index contributed by atoms with van der Waals surface area (Å²) in [6.45, 7) is 15.5. The van der Waals surface area contributed by atoms with E-state index in [9.17, 15) is 29.1 Å². The molecule has 17 heteroatoms. The summed E-state index contributed by atoms with van der Waals surface area (Å²) in [4.78, 5) is 78.5. The molecule has 1 aromatic carbocycles. The Labute approximate surface area is 389 Å². The molecule has 1 fully saturated rings. The number of carbonyl (C=O) groups is 5. The average Bonchev–Trinajstić information content (AvgIpc) is 3.77. The van der Waals surface area contributed by atoms with Gasteiger partial charge in [0.05, 0.1) is 48.8 Å². The van der Waals surface area contributed by atoms with Crippen LogP contribution in [-0.2, 0) is 33.4 Å². The van der Waals surface area contributed by atoms with Crippen LogP contribution in [0.25, 0.3) is 0 Å². The molecule has 5 amide bonds. The van der Waals surface area contributed by atoms with Gasteiger partial charge in [-0.2, -0.15) is 0 Å². The summed E-state index contributed by atoms with van der Waals surface area (Å²) in [7, 11) is 9.26. The molecule has 0 radical (unpaired) electrons. The van der Waals surface area contributed by atoms with Crippen molar-refractivity contribution in [1.29, 1.82) is 0 Å². The van der Waals surface area contributed by atoms with E-state index in [2.05, 4.69) is 15.6 Å². The van der Waals surface area contributed by atoms with E-state index >= 15 is 0 Å². The summed E-state index contributed by atoms with van der Waals surface area (Å²) in [5.74, 6) is -2.14. The molecule has 10 atom stereocenters. The lowest BCUT2D eigenvalue weighted by atomic mass is 9.89. The van der Waals surface area contributed by atoms with Crippen LogP contribution in [0.15, 0.2) is 59.8 Å². The lowest BCUT2D eigenvalue weighted by Gasteiger charge is -2.41. The molecule has 3 rings (SSSR count). The van der Waals surface area contributed by atoms with Crippen LogP contribution in [-0.4, -0.2) is 144 Å². The first-order chi connectivity index (χ1) is 30.4. The number of benzene rings is 1. The first-order valence-electron chi connectivity index (χ1n) is 22.4. The molecule has 1 saturated heterocycles. The monoisotopic (exact) mass is 930 g/mol. The lowest BCUT2D eigenvalue weighted by Crippen LogP contribution is -2.60. The molecular weight excluding hydrogens is 857 g/mol. The first-order valence-corrected chi connectivity index (χ1v) is 24.8. The van der Waals surface area contributed by atoms with Crippen LogP contribution >= 0.6 is 21.6 Å². The van der Waals surface area contributed by atoms with Gasteiger partial charge >= 0.3 is 6.09 Å². The van der Waals surface area contributed by atoms with E-state index in [1.54, 1.807) is 36.9 Å². The van der Waals surface area contributed by atoms with Crippen LogP contribution in [0.2, 0.25) is 0 Å². The maximum Gasteiger partial charge on any atom is 0.410 e. The van der Waals surface area contributed by atoms with Gasteiger partial charge in [0, 0.05) is 46.8 Å². The van der Waals surface area contributed by atoms with E-state index in [0.29, 0.717) is 30.7 Å². The minimum Gasteiger partial charge on any atom is -0.448 e. The number of ether oxygens (including phenoxy) is 3. The maximum absolute atomic E-state index is 14.5. The van der Waals surface area contributed by atoms with Crippen LogP contribution in [0, 0.1) is 23.7 Å². The third kappa shape index (κ3) is 15.1. The van der Waals surface area contributed by atoms with Crippen LogP contribution in [0.5, 0.6) is 0 Å². The number of nitrogens with zero attached hydrogens (tertiary/aromatic N) is 4. The number of amides is 5. The van der Waals surface area contributed by atoms with Crippen LogP contribution in [0.1, 0.15) is 92.7 Å². The number of likely N-dealkylation sites (tertiary alicyclic amines) is 1. The van der Waals surface area contributed by atoms with E-state index in [1.165, 1.54) is 47.8 Å². The van der Waals surface area contributed by atoms with Crippen molar-refractivity contribution in [2.75, 3.05) is 47.2 Å². The second-order valence-electron chi connectivity index (χ2n) is 17.5. The number of methoxy groups -OCH3 is 2. The smallest absolute Gasteiger partial charge is 0.410 e. The van der Waals surface area contributed by atoms with Crippen molar-refractivity contribution in [3.8, 4) is 0 Å². The highest BCUT2D eigenvalue weighted by Crippen LogP contribution is 2.31. The predicted molar refractivity (Wildman–Crippen MR) is 252 cm³/mol. The number of pyridine rings is 1. The summed E-state index contributed by atoms with van der Waals surface area (Å²) >= 11 is 0. The third-order valence-corrected chi connectivity index (χ3v) is 14.5. The van der Waals surface area contributed by atoms with Gasteiger partial charge < -0.3 is 39.8 Å². The third-order valence-electron chi connectivity index (χ3n) is 12.3. The molecule has 15 nitrogen and oxygen atoms in total. The number of rotatable bonds is 25. The lowest BCUT2D eigenvalue weighted by molar-refractivity contribution is -0.148.